The minimum atomic E-state index is 0.509. The highest BCUT2D eigenvalue weighted by Gasteiger charge is 2.27. The van der Waals surface area contributed by atoms with Crippen LogP contribution in [0.1, 0.15) is 30.1 Å². The van der Waals surface area contributed by atoms with E-state index in [2.05, 4.69) is 20.3 Å². The Kier molecular flexibility index (Phi) is 2.80. The molecule has 0 aromatic carbocycles. The van der Waals surface area contributed by atoms with Gasteiger partial charge in [-0.25, -0.2) is 9.97 Å². The van der Waals surface area contributed by atoms with E-state index >= 15 is 0 Å². The fourth-order valence-electron chi connectivity index (χ4n) is 1.79. The van der Waals surface area contributed by atoms with Gasteiger partial charge in [-0.3, -0.25) is 4.98 Å². The molecule has 2 aromatic rings. The largest absolute Gasteiger partial charge is 0.384 e. The lowest BCUT2D eigenvalue weighted by molar-refractivity contribution is 0.926. The molecule has 0 radical (unpaired) electrons. The Hall–Kier alpha value is -2.17. The van der Waals surface area contributed by atoms with E-state index in [9.17, 15) is 0 Å². The summed E-state index contributed by atoms with van der Waals surface area (Å²) in [7, 11) is 0. The molecule has 0 amide bonds. The van der Waals surface area contributed by atoms with Crippen molar-refractivity contribution in [1.29, 1.82) is 0 Å². The smallest absolute Gasteiger partial charge is 0.136 e. The summed E-state index contributed by atoms with van der Waals surface area (Å²) < 4.78 is 0. The van der Waals surface area contributed by atoms with Gasteiger partial charge in [0, 0.05) is 30.9 Å². The minimum absolute atomic E-state index is 0.509. The Balaban J connectivity index is 1.72. The Labute approximate surface area is 105 Å². The number of rotatable bonds is 4. The van der Waals surface area contributed by atoms with Crippen molar-refractivity contribution in [2.75, 3.05) is 11.1 Å². The van der Waals surface area contributed by atoms with E-state index in [1.807, 2.05) is 12.1 Å². The van der Waals surface area contributed by atoms with Crippen LogP contribution in [0.15, 0.2) is 30.6 Å². The van der Waals surface area contributed by atoms with Gasteiger partial charge < -0.3 is 11.1 Å². The third-order valence-corrected chi connectivity index (χ3v) is 2.93. The molecule has 0 bridgehead atoms. The number of nitrogens with zero attached hydrogens (tertiary/aromatic N) is 3. The fraction of sp³-hybridized carbons (Fsp3) is 0.308. The van der Waals surface area contributed by atoms with Crippen LogP contribution in [0.4, 0.5) is 11.6 Å². The maximum atomic E-state index is 5.79. The molecule has 0 saturated heterocycles. The molecule has 3 rings (SSSR count). The Morgan fingerprint density at radius 3 is 2.72 bits per heavy atom. The number of nitrogens with two attached hydrogens (primary N) is 1. The minimum Gasteiger partial charge on any atom is -0.384 e. The molecule has 18 heavy (non-hydrogen) atoms. The SMILES string of the molecule is Nc1cc(NCc2ccncc2)nc(C2CC2)n1. The Morgan fingerprint density at radius 1 is 1.22 bits per heavy atom. The summed E-state index contributed by atoms with van der Waals surface area (Å²) in [5.74, 6) is 2.70. The van der Waals surface area contributed by atoms with Crippen molar-refractivity contribution in [3.63, 3.8) is 0 Å². The van der Waals surface area contributed by atoms with Gasteiger partial charge >= 0.3 is 0 Å². The van der Waals surface area contributed by atoms with Crippen LogP contribution in [0.3, 0.4) is 0 Å². The predicted molar refractivity (Wildman–Crippen MR) is 70.0 cm³/mol. The monoisotopic (exact) mass is 241 g/mol. The van der Waals surface area contributed by atoms with Gasteiger partial charge in [-0.1, -0.05) is 0 Å². The average molecular weight is 241 g/mol. The Bertz CT molecular complexity index is 536. The second-order valence-corrected chi connectivity index (χ2v) is 4.52. The molecule has 0 unspecified atom stereocenters. The van der Waals surface area contributed by atoms with Crippen molar-refractivity contribution in [3.8, 4) is 0 Å². The molecule has 92 valence electrons. The molecule has 3 N–H and O–H groups in total. The lowest BCUT2D eigenvalue weighted by Crippen LogP contribution is -2.06. The summed E-state index contributed by atoms with van der Waals surface area (Å²) in [5.41, 5.74) is 6.96. The molecule has 5 nitrogen and oxygen atoms in total. The molecular weight excluding hydrogens is 226 g/mol. The van der Waals surface area contributed by atoms with Crippen molar-refractivity contribution in [3.05, 3.63) is 42.0 Å². The lowest BCUT2D eigenvalue weighted by atomic mass is 10.3. The van der Waals surface area contributed by atoms with Gasteiger partial charge in [0.25, 0.3) is 0 Å². The van der Waals surface area contributed by atoms with Crippen molar-refractivity contribution >= 4 is 11.6 Å². The molecule has 0 aliphatic heterocycles. The molecule has 1 aliphatic carbocycles. The van der Waals surface area contributed by atoms with Gasteiger partial charge in [0.2, 0.25) is 0 Å². The second-order valence-electron chi connectivity index (χ2n) is 4.52. The first kappa shape index (κ1) is 11.0. The van der Waals surface area contributed by atoms with Crippen molar-refractivity contribution in [2.24, 2.45) is 0 Å². The number of hydrogen-bond donors (Lipinski definition) is 2. The van der Waals surface area contributed by atoms with Crippen LogP contribution >= 0.6 is 0 Å². The first-order valence-corrected chi connectivity index (χ1v) is 6.08. The van der Waals surface area contributed by atoms with E-state index in [4.69, 9.17) is 5.73 Å². The van der Waals surface area contributed by atoms with Crippen molar-refractivity contribution < 1.29 is 0 Å². The average Bonchev–Trinajstić information content (AvgIpc) is 3.21. The highest BCUT2D eigenvalue weighted by Crippen LogP contribution is 2.38. The molecule has 0 atom stereocenters. The standard InChI is InChI=1S/C13H15N5/c14-11-7-12(18-13(17-11)10-1-2-10)16-8-9-3-5-15-6-4-9/h3-7,10H,1-2,8H2,(H3,14,16,17,18). The van der Waals surface area contributed by atoms with E-state index in [-0.39, 0.29) is 0 Å². The van der Waals surface area contributed by atoms with Crippen LogP contribution in [0.25, 0.3) is 0 Å². The normalized spacial score (nSPS) is 14.4. The third kappa shape index (κ3) is 2.56. The highest BCUT2D eigenvalue weighted by molar-refractivity contribution is 5.45. The summed E-state index contributed by atoms with van der Waals surface area (Å²) in [4.78, 5) is 12.7. The van der Waals surface area contributed by atoms with Gasteiger partial charge in [-0.15, -0.1) is 0 Å². The van der Waals surface area contributed by atoms with Crippen LogP contribution < -0.4 is 11.1 Å². The summed E-state index contributed by atoms with van der Waals surface area (Å²) in [5, 5.41) is 3.27. The molecule has 5 heteroatoms. The molecule has 2 heterocycles. The van der Waals surface area contributed by atoms with Crippen LogP contribution in [0.2, 0.25) is 0 Å². The number of nitrogens with one attached hydrogen (secondary N) is 1. The Morgan fingerprint density at radius 2 is 2.00 bits per heavy atom. The zero-order chi connectivity index (χ0) is 12.4. The summed E-state index contributed by atoms with van der Waals surface area (Å²) >= 11 is 0. The van der Waals surface area contributed by atoms with Crippen LogP contribution in [0, 0.1) is 0 Å². The lowest BCUT2D eigenvalue weighted by Gasteiger charge is -2.08. The number of hydrogen-bond acceptors (Lipinski definition) is 5. The maximum Gasteiger partial charge on any atom is 0.136 e. The third-order valence-electron chi connectivity index (χ3n) is 2.93. The predicted octanol–water partition coefficient (Wildman–Crippen LogP) is 1.94. The molecular formula is C13H15N5. The van der Waals surface area contributed by atoms with Gasteiger partial charge in [-0.05, 0) is 30.5 Å². The van der Waals surface area contributed by atoms with E-state index in [0.29, 0.717) is 18.3 Å². The molecule has 2 aromatic heterocycles. The number of aromatic nitrogens is 3. The van der Waals surface area contributed by atoms with Gasteiger partial charge in [0.05, 0.1) is 0 Å². The zero-order valence-corrected chi connectivity index (χ0v) is 10.0. The van der Waals surface area contributed by atoms with E-state index in [1.165, 1.54) is 12.8 Å². The van der Waals surface area contributed by atoms with E-state index in [0.717, 1.165) is 17.2 Å². The summed E-state index contributed by atoms with van der Waals surface area (Å²) in [6, 6.07) is 5.71. The number of nitrogen functional groups attached to an aromatic ring is 1. The summed E-state index contributed by atoms with van der Waals surface area (Å²) in [6.45, 7) is 0.711. The zero-order valence-electron chi connectivity index (χ0n) is 10.0. The molecule has 1 fully saturated rings. The van der Waals surface area contributed by atoms with Crippen molar-refractivity contribution in [1.82, 2.24) is 15.0 Å². The van der Waals surface area contributed by atoms with Crippen LogP contribution in [-0.2, 0) is 6.54 Å². The number of anilines is 2. The number of pyridine rings is 1. The second kappa shape index (κ2) is 4.60. The molecule has 0 spiro atoms. The first-order chi connectivity index (χ1) is 8.81. The van der Waals surface area contributed by atoms with E-state index in [1.54, 1.807) is 18.5 Å². The molecule has 1 saturated carbocycles. The maximum absolute atomic E-state index is 5.79. The van der Waals surface area contributed by atoms with Crippen molar-refractivity contribution in [2.45, 2.75) is 25.3 Å². The van der Waals surface area contributed by atoms with Gasteiger partial charge in [0.15, 0.2) is 0 Å². The van der Waals surface area contributed by atoms with Gasteiger partial charge in [-0.2, -0.15) is 0 Å². The molecule has 1 aliphatic rings. The van der Waals surface area contributed by atoms with E-state index < -0.39 is 0 Å². The first-order valence-electron chi connectivity index (χ1n) is 6.08. The van der Waals surface area contributed by atoms with Gasteiger partial charge in [0.1, 0.15) is 17.5 Å². The van der Waals surface area contributed by atoms with Crippen LogP contribution in [-0.4, -0.2) is 15.0 Å². The van der Waals surface area contributed by atoms with Crippen LogP contribution in [0.5, 0.6) is 0 Å². The topological polar surface area (TPSA) is 76.7 Å². The fourth-order valence-corrected chi connectivity index (χ4v) is 1.79. The quantitative estimate of drug-likeness (QED) is 0.855. The summed E-state index contributed by atoms with van der Waals surface area (Å²) in [6.07, 6.45) is 5.91. The highest BCUT2D eigenvalue weighted by atomic mass is 15.1.